The van der Waals surface area contributed by atoms with E-state index in [1.165, 1.54) is 5.56 Å². The Morgan fingerprint density at radius 3 is 2.77 bits per heavy atom. The number of benzene rings is 2. The van der Waals surface area contributed by atoms with Gasteiger partial charge in [-0.25, -0.2) is 0 Å². The zero-order valence-electron chi connectivity index (χ0n) is 17.9. The quantitative estimate of drug-likeness (QED) is 0.520. The zero-order valence-corrected chi connectivity index (χ0v) is 19.5. The van der Waals surface area contributed by atoms with Gasteiger partial charge in [0.25, 0.3) is 0 Å². The van der Waals surface area contributed by atoms with Crippen LogP contribution in [0.25, 0.3) is 10.9 Å². The number of nitriles is 1. The minimum Gasteiger partial charge on any atom is -0.371 e. The predicted octanol–water partition coefficient (Wildman–Crippen LogP) is 5.31. The molecule has 1 amide bonds. The van der Waals surface area contributed by atoms with Gasteiger partial charge in [-0.15, -0.1) is 0 Å². The van der Waals surface area contributed by atoms with Crippen molar-refractivity contribution in [1.29, 1.82) is 5.26 Å². The molecule has 2 aromatic carbocycles. The van der Waals surface area contributed by atoms with Crippen molar-refractivity contribution in [3.63, 3.8) is 0 Å². The molecule has 6 heteroatoms. The Bertz CT molecular complexity index is 1160. The van der Waals surface area contributed by atoms with Gasteiger partial charge in [-0.3, -0.25) is 4.79 Å². The van der Waals surface area contributed by atoms with Gasteiger partial charge in [0.2, 0.25) is 5.91 Å². The number of aromatic nitrogens is 1. The lowest BCUT2D eigenvalue weighted by Crippen LogP contribution is -2.28. The van der Waals surface area contributed by atoms with Crippen molar-refractivity contribution < 1.29 is 9.53 Å². The van der Waals surface area contributed by atoms with Crippen LogP contribution in [0, 0.1) is 18.3 Å². The maximum atomic E-state index is 12.8. The van der Waals surface area contributed by atoms with Gasteiger partial charge in [-0.2, -0.15) is 5.26 Å². The highest BCUT2D eigenvalue weighted by atomic mass is 79.9. The molecule has 0 radical (unpaired) electrons. The smallest absolute Gasteiger partial charge is 0.223 e. The second kappa shape index (κ2) is 9.25. The molecule has 0 unspecified atom stereocenters. The molecular weight excluding hydrogens is 454 g/mol. The summed E-state index contributed by atoms with van der Waals surface area (Å²) in [7, 11) is 0. The Hall–Kier alpha value is -2.62. The SMILES string of the molecule is CCCn1c2c(c3c(C#N)ccc(C)c31)CCO[C@@H]2CC(=O)NCc1ccc(Br)cc1. The van der Waals surface area contributed by atoms with Crippen LogP contribution in [0.4, 0.5) is 0 Å². The summed E-state index contributed by atoms with van der Waals surface area (Å²) in [6.45, 7) is 6.11. The summed E-state index contributed by atoms with van der Waals surface area (Å²) in [5.74, 6) is -0.0358. The molecule has 0 aliphatic carbocycles. The van der Waals surface area contributed by atoms with Gasteiger partial charge in [-0.1, -0.05) is 41.1 Å². The molecule has 2 heterocycles. The lowest BCUT2D eigenvalue weighted by molar-refractivity contribution is -0.124. The Labute approximate surface area is 191 Å². The number of nitrogens with zero attached hydrogens (tertiary/aromatic N) is 2. The number of rotatable bonds is 6. The van der Waals surface area contributed by atoms with Crippen molar-refractivity contribution >= 4 is 32.7 Å². The van der Waals surface area contributed by atoms with Crippen LogP contribution in [-0.2, 0) is 29.0 Å². The summed E-state index contributed by atoms with van der Waals surface area (Å²) < 4.78 is 9.40. The van der Waals surface area contributed by atoms with Gasteiger partial charge in [0.1, 0.15) is 6.10 Å². The molecule has 5 nitrogen and oxygen atoms in total. The fourth-order valence-electron chi connectivity index (χ4n) is 4.51. The van der Waals surface area contributed by atoms with Gasteiger partial charge >= 0.3 is 0 Å². The van der Waals surface area contributed by atoms with Crippen molar-refractivity contribution in [3.8, 4) is 6.07 Å². The summed E-state index contributed by atoms with van der Waals surface area (Å²) in [6.07, 6.45) is 1.69. The molecule has 31 heavy (non-hydrogen) atoms. The number of halogens is 1. The first-order chi connectivity index (χ1) is 15.0. The molecule has 0 bridgehead atoms. The summed E-state index contributed by atoms with van der Waals surface area (Å²) >= 11 is 3.43. The second-order valence-corrected chi connectivity index (χ2v) is 8.91. The van der Waals surface area contributed by atoms with Crippen molar-refractivity contribution in [2.24, 2.45) is 0 Å². The third kappa shape index (κ3) is 4.26. The Morgan fingerprint density at radius 2 is 2.06 bits per heavy atom. The first kappa shape index (κ1) is 21.6. The highest BCUT2D eigenvalue weighted by molar-refractivity contribution is 9.10. The minimum atomic E-state index is -0.307. The molecular formula is C25H26BrN3O2. The van der Waals surface area contributed by atoms with Crippen molar-refractivity contribution in [1.82, 2.24) is 9.88 Å². The maximum absolute atomic E-state index is 12.8. The standard InChI is InChI=1S/C25H26BrN3O2/c1-3-11-29-24-16(2)4-7-18(14-27)23(24)20-10-12-31-21(25(20)29)13-22(30)28-15-17-5-8-19(26)9-6-17/h4-9,21H,3,10-13,15H2,1-2H3,(H,28,30)/t21-/m1/s1. The maximum Gasteiger partial charge on any atom is 0.223 e. The first-order valence-corrected chi connectivity index (χ1v) is 11.5. The van der Waals surface area contributed by atoms with Crippen LogP contribution in [0.1, 0.15) is 53.8 Å². The van der Waals surface area contributed by atoms with Crippen LogP contribution in [0.5, 0.6) is 0 Å². The van der Waals surface area contributed by atoms with E-state index in [1.807, 2.05) is 36.4 Å². The van der Waals surface area contributed by atoms with Gasteiger partial charge in [0.15, 0.2) is 0 Å². The van der Waals surface area contributed by atoms with E-state index in [-0.39, 0.29) is 18.4 Å². The number of aryl methyl sites for hydroxylation is 2. The van der Waals surface area contributed by atoms with Crippen LogP contribution in [0.3, 0.4) is 0 Å². The molecule has 0 spiro atoms. The third-order valence-corrected chi connectivity index (χ3v) is 6.40. The van der Waals surface area contributed by atoms with E-state index in [0.29, 0.717) is 18.7 Å². The molecule has 160 valence electrons. The largest absolute Gasteiger partial charge is 0.371 e. The van der Waals surface area contributed by atoms with Crippen molar-refractivity contribution in [3.05, 3.63) is 68.8 Å². The van der Waals surface area contributed by atoms with E-state index >= 15 is 0 Å². The van der Waals surface area contributed by atoms with Gasteiger partial charge in [0, 0.05) is 22.9 Å². The van der Waals surface area contributed by atoms with E-state index in [0.717, 1.165) is 51.6 Å². The minimum absolute atomic E-state index is 0.0358. The number of nitrogens with one attached hydrogen (secondary N) is 1. The van der Waals surface area contributed by atoms with Gasteiger partial charge < -0.3 is 14.6 Å². The number of carbonyl (C=O) groups is 1. The van der Waals surface area contributed by atoms with Crippen LogP contribution >= 0.6 is 15.9 Å². The average molecular weight is 480 g/mol. The molecule has 1 N–H and O–H groups in total. The summed E-state index contributed by atoms with van der Waals surface area (Å²) in [4.78, 5) is 12.8. The topological polar surface area (TPSA) is 67.0 Å². The fourth-order valence-corrected chi connectivity index (χ4v) is 4.78. The second-order valence-electron chi connectivity index (χ2n) is 8.00. The van der Waals surface area contributed by atoms with Crippen LogP contribution in [0.2, 0.25) is 0 Å². The third-order valence-electron chi connectivity index (χ3n) is 5.87. The van der Waals surface area contributed by atoms with Crippen molar-refractivity contribution in [2.75, 3.05) is 6.61 Å². The molecule has 0 fully saturated rings. The number of carbonyl (C=O) groups excluding carboxylic acids is 1. The number of fused-ring (bicyclic) bond motifs is 3. The Kier molecular flexibility index (Phi) is 6.45. The number of hydrogen-bond acceptors (Lipinski definition) is 3. The molecule has 0 saturated carbocycles. The predicted molar refractivity (Wildman–Crippen MR) is 125 cm³/mol. The number of ether oxygens (including phenoxy) is 1. The normalized spacial score (nSPS) is 15.5. The highest BCUT2D eigenvalue weighted by Crippen LogP contribution is 2.40. The molecule has 0 saturated heterocycles. The van der Waals surface area contributed by atoms with Crippen LogP contribution in [0.15, 0.2) is 40.9 Å². The number of amides is 1. The fraction of sp³-hybridized carbons (Fsp3) is 0.360. The van der Waals surface area contributed by atoms with Crippen LogP contribution < -0.4 is 5.32 Å². The molecule has 1 atom stereocenters. The Balaban J connectivity index is 1.64. The van der Waals surface area contributed by atoms with E-state index in [9.17, 15) is 10.1 Å². The van der Waals surface area contributed by atoms with Gasteiger partial charge in [-0.05, 0) is 54.7 Å². The average Bonchev–Trinajstić information content (AvgIpc) is 3.10. The van der Waals surface area contributed by atoms with E-state index in [1.54, 1.807) is 0 Å². The van der Waals surface area contributed by atoms with E-state index in [4.69, 9.17) is 4.74 Å². The molecule has 3 aromatic rings. The van der Waals surface area contributed by atoms with E-state index < -0.39 is 0 Å². The summed E-state index contributed by atoms with van der Waals surface area (Å²) in [5.41, 5.74) is 6.24. The molecule has 1 aliphatic rings. The monoisotopic (exact) mass is 479 g/mol. The Morgan fingerprint density at radius 1 is 1.29 bits per heavy atom. The summed E-state index contributed by atoms with van der Waals surface area (Å²) in [6, 6.07) is 14.2. The lowest BCUT2D eigenvalue weighted by atomic mass is 9.97. The summed E-state index contributed by atoms with van der Waals surface area (Å²) in [5, 5.41) is 13.8. The molecule has 1 aromatic heterocycles. The highest BCUT2D eigenvalue weighted by Gasteiger charge is 2.31. The van der Waals surface area contributed by atoms with Crippen LogP contribution in [-0.4, -0.2) is 17.1 Å². The molecule has 1 aliphatic heterocycles. The number of hydrogen-bond donors (Lipinski definition) is 1. The first-order valence-electron chi connectivity index (χ1n) is 10.7. The molecule has 4 rings (SSSR count). The van der Waals surface area contributed by atoms with Gasteiger partial charge in [0.05, 0.1) is 35.9 Å². The lowest BCUT2D eigenvalue weighted by Gasteiger charge is -2.26. The van der Waals surface area contributed by atoms with E-state index in [2.05, 4.69) is 45.7 Å². The zero-order chi connectivity index (χ0) is 22.0. The van der Waals surface area contributed by atoms with Crippen molar-refractivity contribution in [2.45, 2.75) is 52.3 Å².